The number of para-hydroxylation sites is 2. The van der Waals surface area contributed by atoms with Crippen molar-refractivity contribution >= 4 is 17.1 Å². The number of carbonyl (C=O) groups excluding carboxylic acids is 1. The molecule has 7 heteroatoms. The van der Waals surface area contributed by atoms with E-state index in [0.29, 0.717) is 12.2 Å². The molecule has 0 radical (unpaired) electrons. The second-order valence-electron chi connectivity index (χ2n) is 7.47. The fourth-order valence-electron chi connectivity index (χ4n) is 3.83. The number of aliphatic hydroxyl groups excluding tert-OH is 1. The number of carbonyl (C=O) groups is 1. The van der Waals surface area contributed by atoms with Gasteiger partial charge in [-0.3, -0.25) is 0 Å². The highest BCUT2D eigenvalue weighted by molar-refractivity contribution is 5.76. The molecule has 1 aromatic heterocycles. The number of amides is 2. The first kappa shape index (κ1) is 19.3. The number of aromatic amines is 1. The lowest BCUT2D eigenvalue weighted by Crippen LogP contribution is -2.46. The molecule has 1 aliphatic carbocycles. The summed E-state index contributed by atoms with van der Waals surface area (Å²) in [5, 5.41) is 15.9. The number of nitrogens with zero attached hydrogens (tertiary/aromatic N) is 1. The molecule has 29 heavy (non-hydrogen) atoms. The summed E-state index contributed by atoms with van der Waals surface area (Å²) >= 11 is 0. The number of aromatic nitrogens is 2. The zero-order valence-corrected chi connectivity index (χ0v) is 16.4. The number of rotatable bonds is 6. The fraction of sp³-hybridized carbons (Fsp3) is 0.364. The maximum Gasteiger partial charge on any atom is 0.315 e. The Kier molecular flexibility index (Phi) is 5.67. The van der Waals surface area contributed by atoms with Crippen LogP contribution in [0.25, 0.3) is 11.0 Å². The first-order valence-electron chi connectivity index (χ1n) is 9.95. The normalized spacial score (nSPS) is 19.8. The van der Waals surface area contributed by atoms with Crippen molar-refractivity contribution in [3.05, 3.63) is 59.9 Å². The predicted molar refractivity (Wildman–Crippen MR) is 111 cm³/mol. The summed E-state index contributed by atoms with van der Waals surface area (Å²) in [5.41, 5.74) is 2.84. The third-order valence-corrected chi connectivity index (χ3v) is 5.44. The minimum atomic E-state index is -0.480. The van der Waals surface area contributed by atoms with Gasteiger partial charge in [-0.1, -0.05) is 24.3 Å². The first-order chi connectivity index (χ1) is 14.1. The van der Waals surface area contributed by atoms with Gasteiger partial charge in [-0.05, 0) is 55.5 Å². The predicted octanol–water partition coefficient (Wildman–Crippen LogP) is 3.07. The third-order valence-electron chi connectivity index (χ3n) is 5.44. The molecule has 4 rings (SSSR count). The third kappa shape index (κ3) is 4.51. The lowest BCUT2D eigenvalue weighted by atomic mass is 10.1. The van der Waals surface area contributed by atoms with Gasteiger partial charge < -0.3 is 25.5 Å². The average Bonchev–Trinajstić information content (AvgIpc) is 3.34. The van der Waals surface area contributed by atoms with E-state index in [-0.39, 0.29) is 18.1 Å². The molecule has 1 fully saturated rings. The van der Waals surface area contributed by atoms with E-state index in [4.69, 9.17) is 4.74 Å². The smallest absolute Gasteiger partial charge is 0.315 e. The summed E-state index contributed by atoms with van der Waals surface area (Å²) in [6.45, 7) is 0. The topological polar surface area (TPSA) is 99.3 Å². The molecule has 0 unspecified atom stereocenters. The first-order valence-corrected chi connectivity index (χ1v) is 9.95. The Balaban J connectivity index is 1.54. The molecule has 0 saturated heterocycles. The molecular formula is C22H26N4O3. The largest absolute Gasteiger partial charge is 0.497 e. The highest BCUT2D eigenvalue weighted by Crippen LogP contribution is 2.22. The van der Waals surface area contributed by atoms with Crippen LogP contribution < -0.4 is 15.4 Å². The summed E-state index contributed by atoms with van der Waals surface area (Å²) in [4.78, 5) is 20.6. The standard InChI is InChI=1S/C22H26N4O3/c1-29-15-11-9-14(10-12-15)13-19(21-23-16-5-2-3-6-17(16)24-21)26-22(28)25-18-7-4-8-20(18)27/h2-3,5-6,9-12,18-20,27H,4,7-8,13H2,1H3,(H,23,24)(H2,25,26,28)/t18-,19+,20+/m0/s1. The number of ether oxygens (including phenoxy) is 1. The number of nitrogens with one attached hydrogen (secondary N) is 3. The maximum atomic E-state index is 12.6. The van der Waals surface area contributed by atoms with Crippen LogP contribution in [0.5, 0.6) is 5.75 Å². The minimum Gasteiger partial charge on any atom is -0.497 e. The van der Waals surface area contributed by atoms with E-state index in [0.717, 1.165) is 41.6 Å². The molecule has 2 aromatic carbocycles. The van der Waals surface area contributed by atoms with Crippen molar-refractivity contribution in [3.63, 3.8) is 0 Å². The summed E-state index contributed by atoms with van der Waals surface area (Å²) < 4.78 is 5.23. The Morgan fingerprint density at radius 2 is 2.03 bits per heavy atom. The van der Waals surface area contributed by atoms with E-state index in [1.165, 1.54) is 0 Å². The van der Waals surface area contributed by atoms with Crippen LogP contribution in [0.15, 0.2) is 48.5 Å². The van der Waals surface area contributed by atoms with E-state index >= 15 is 0 Å². The quantitative estimate of drug-likeness (QED) is 0.516. The Morgan fingerprint density at radius 3 is 2.72 bits per heavy atom. The number of imidazole rings is 1. The van der Waals surface area contributed by atoms with Crippen molar-refractivity contribution < 1.29 is 14.6 Å². The van der Waals surface area contributed by atoms with E-state index in [1.54, 1.807) is 7.11 Å². The van der Waals surface area contributed by atoms with Gasteiger partial charge in [0.15, 0.2) is 0 Å². The summed E-state index contributed by atoms with van der Waals surface area (Å²) in [6, 6.07) is 14.7. The van der Waals surface area contributed by atoms with Crippen LogP contribution in [0, 0.1) is 0 Å². The number of urea groups is 1. The van der Waals surface area contributed by atoms with Crippen molar-refractivity contribution in [1.82, 2.24) is 20.6 Å². The van der Waals surface area contributed by atoms with Crippen molar-refractivity contribution in [1.29, 1.82) is 0 Å². The van der Waals surface area contributed by atoms with E-state index < -0.39 is 6.10 Å². The van der Waals surface area contributed by atoms with Gasteiger partial charge in [-0.2, -0.15) is 0 Å². The number of fused-ring (bicyclic) bond motifs is 1. The van der Waals surface area contributed by atoms with Crippen molar-refractivity contribution in [2.24, 2.45) is 0 Å². The zero-order valence-electron chi connectivity index (χ0n) is 16.4. The zero-order chi connectivity index (χ0) is 20.2. The van der Waals surface area contributed by atoms with Gasteiger partial charge in [-0.15, -0.1) is 0 Å². The molecule has 7 nitrogen and oxygen atoms in total. The molecule has 2 amide bonds. The molecule has 0 spiro atoms. The van der Waals surface area contributed by atoms with Gasteiger partial charge in [0.05, 0.1) is 36.3 Å². The van der Waals surface area contributed by atoms with Gasteiger partial charge >= 0.3 is 6.03 Å². The Morgan fingerprint density at radius 1 is 1.24 bits per heavy atom. The van der Waals surface area contributed by atoms with E-state index in [2.05, 4.69) is 20.6 Å². The molecule has 3 aromatic rings. The molecular weight excluding hydrogens is 368 g/mol. The van der Waals surface area contributed by atoms with Crippen LogP contribution in [0.1, 0.15) is 36.7 Å². The van der Waals surface area contributed by atoms with Crippen LogP contribution in [0.4, 0.5) is 4.79 Å². The SMILES string of the molecule is COc1ccc(C[C@@H](NC(=O)N[C@H]2CCC[C@H]2O)c2nc3ccccc3[nH]2)cc1. The van der Waals surface area contributed by atoms with Crippen LogP contribution in [-0.2, 0) is 6.42 Å². The molecule has 1 heterocycles. The van der Waals surface area contributed by atoms with E-state index in [9.17, 15) is 9.90 Å². The van der Waals surface area contributed by atoms with Crippen LogP contribution in [0.2, 0.25) is 0 Å². The molecule has 0 bridgehead atoms. The van der Waals surface area contributed by atoms with Gasteiger partial charge in [0.1, 0.15) is 11.6 Å². The minimum absolute atomic E-state index is 0.202. The number of hydrogen-bond donors (Lipinski definition) is 4. The van der Waals surface area contributed by atoms with Gasteiger partial charge in [0, 0.05) is 0 Å². The van der Waals surface area contributed by atoms with Crippen molar-refractivity contribution in [2.75, 3.05) is 7.11 Å². The number of methoxy groups -OCH3 is 1. The molecule has 0 aliphatic heterocycles. The number of benzene rings is 2. The molecule has 1 aliphatic rings. The number of aliphatic hydroxyl groups is 1. The van der Waals surface area contributed by atoms with Gasteiger partial charge in [0.25, 0.3) is 0 Å². The highest BCUT2D eigenvalue weighted by atomic mass is 16.5. The Labute approximate surface area is 169 Å². The lowest BCUT2D eigenvalue weighted by molar-refractivity contribution is 0.149. The lowest BCUT2D eigenvalue weighted by Gasteiger charge is -2.21. The van der Waals surface area contributed by atoms with Crippen molar-refractivity contribution in [2.45, 2.75) is 43.9 Å². The maximum absolute atomic E-state index is 12.6. The summed E-state index contributed by atoms with van der Waals surface area (Å²) in [7, 11) is 1.63. The average molecular weight is 394 g/mol. The molecule has 3 atom stereocenters. The van der Waals surface area contributed by atoms with Gasteiger partial charge in [0.2, 0.25) is 0 Å². The second-order valence-corrected chi connectivity index (χ2v) is 7.47. The number of H-pyrrole nitrogens is 1. The molecule has 1 saturated carbocycles. The number of hydrogen-bond acceptors (Lipinski definition) is 4. The molecule has 4 N–H and O–H groups in total. The highest BCUT2D eigenvalue weighted by Gasteiger charge is 2.28. The van der Waals surface area contributed by atoms with E-state index in [1.807, 2.05) is 48.5 Å². The summed E-state index contributed by atoms with van der Waals surface area (Å²) in [5.74, 6) is 1.49. The van der Waals surface area contributed by atoms with Gasteiger partial charge in [-0.25, -0.2) is 9.78 Å². The Bertz CT molecular complexity index is 937. The fourth-order valence-corrected chi connectivity index (χ4v) is 3.83. The van der Waals surface area contributed by atoms with Crippen LogP contribution in [-0.4, -0.2) is 40.4 Å². The van der Waals surface area contributed by atoms with Crippen molar-refractivity contribution in [3.8, 4) is 5.75 Å². The van der Waals surface area contributed by atoms with Crippen LogP contribution in [0.3, 0.4) is 0 Å². The van der Waals surface area contributed by atoms with Crippen LogP contribution >= 0.6 is 0 Å². The second kappa shape index (κ2) is 8.53. The Hall–Kier alpha value is -3.06. The monoisotopic (exact) mass is 394 g/mol. The molecule has 152 valence electrons. The summed E-state index contributed by atoms with van der Waals surface area (Å²) in [6.07, 6.45) is 2.54.